The van der Waals surface area contributed by atoms with Crippen LogP contribution in [0.5, 0.6) is 0 Å². The molecule has 26 heavy (non-hydrogen) atoms. The van der Waals surface area contributed by atoms with Crippen LogP contribution < -0.4 is 10.6 Å². The van der Waals surface area contributed by atoms with Crippen molar-refractivity contribution < 1.29 is 19.5 Å². The lowest BCUT2D eigenvalue weighted by Gasteiger charge is -2.23. The molecule has 0 aliphatic heterocycles. The molecule has 1 fully saturated rings. The van der Waals surface area contributed by atoms with Gasteiger partial charge in [-0.25, -0.2) is 0 Å². The second kappa shape index (κ2) is 7.59. The van der Waals surface area contributed by atoms with Gasteiger partial charge in [0.25, 0.3) is 0 Å². The van der Waals surface area contributed by atoms with Gasteiger partial charge in [-0.3, -0.25) is 14.4 Å². The standard InChI is InChI=1S/C19H23N3O4/c1-12(23)20-18(13-4-2-3-5-13)19(26)21-15-6-7-16-14(10-15)8-9-22(16)11-17(24)25/h6-10,13,18H,2-5,11H2,1H3,(H,20,23)(H,21,26)(H,24,25). The van der Waals surface area contributed by atoms with Crippen molar-refractivity contribution in [2.75, 3.05) is 5.32 Å². The van der Waals surface area contributed by atoms with Crippen molar-refractivity contribution in [2.45, 2.75) is 45.2 Å². The van der Waals surface area contributed by atoms with Gasteiger partial charge < -0.3 is 20.3 Å². The largest absolute Gasteiger partial charge is 0.480 e. The number of hydrogen-bond acceptors (Lipinski definition) is 3. The molecular weight excluding hydrogens is 334 g/mol. The van der Waals surface area contributed by atoms with E-state index in [1.165, 1.54) is 6.92 Å². The highest BCUT2D eigenvalue weighted by molar-refractivity contribution is 5.99. The molecule has 1 atom stereocenters. The number of carbonyl (C=O) groups is 3. The maximum atomic E-state index is 12.7. The number of nitrogens with one attached hydrogen (secondary N) is 2. The van der Waals surface area contributed by atoms with Crippen LogP contribution in [0.15, 0.2) is 30.5 Å². The number of aliphatic carboxylic acids is 1. The number of hydrogen-bond donors (Lipinski definition) is 3. The normalized spacial score (nSPS) is 15.7. The fourth-order valence-corrected chi connectivity index (χ4v) is 3.69. The van der Waals surface area contributed by atoms with E-state index in [0.29, 0.717) is 5.69 Å². The average Bonchev–Trinajstić information content (AvgIpc) is 3.22. The number of carboxylic acids is 1. The number of rotatable bonds is 6. The molecule has 0 saturated heterocycles. The van der Waals surface area contributed by atoms with E-state index in [4.69, 9.17) is 5.11 Å². The first-order valence-corrected chi connectivity index (χ1v) is 8.82. The number of amides is 2. The van der Waals surface area contributed by atoms with Crippen molar-refractivity contribution in [3.8, 4) is 0 Å². The third-order valence-electron chi connectivity index (χ3n) is 4.86. The fraction of sp³-hybridized carbons (Fsp3) is 0.421. The molecule has 1 aliphatic rings. The minimum atomic E-state index is -0.908. The Morgan fingerprint density at radius 1 is 1.23 bits per heavy atom. The van der Waals surface area contributed by atoms with Gasteiger partial charge in [0.2, 0.25) is 11.8 Å². The molecule has 7 heteroatoms. The molecule has 138 valence electrons. The summed E-state index contributed by atoms with van der Waals surface area (Å²) in [6, 6.07) is 6.64. The predicted molar refractivity (Wildman–Crippen MR) is 97.8 cm³/mol. The van der Waals surface area contributed by atoms with Gasteiger partial charge in [-0.1, -0.05) is 12.8 Å². The van der Waals surface area contributed by atoms with E-state index in [9.17, 15) is 14.4 Å². The van der Waals surface area contributed by atoms with Crippen LogP contribution in [0.4, 0.5) is 5.69 Å². The zero-order valence-corrected chi connectivity index (χ0v) is 14.7. The van der Waals surface area contributed by atoms with Gasteiger partial charge in [-0.15, -0.1) is 0 Å². The lowest BCUT2D eigenvalue weighted by molar-refractivity contribution is -0.137. The average molecular weight is 357 g/mol. The number of carboxylic acid groups (broad SMARTS) is 1. The summed E-state index contributed by atoms with van der Waals surface area (Å²) in [7, 11) is 0. The molecule has 3 rings (SSSR count). The molecule has 0 radical (unpaired) electrons. The van der Waals surface area contributed by atoms with Gasteiger partial charge in [0.05, 0.1) is 0 Å². The molecule has 7 nitrogen and oxygen atoms in total. The molecule has 0 spiro atoms. The van der Waals surface area contributed by atoms with Gasteiger partial charge in [-0.2, -0.15) is 0 Å². The van der Waals surface area contributed by atoms with Crippen molar-refractivity contribution in [1.82, 2.24) is 9.88 Å². The summed E-state index contributed by atoms with van der Waals surface area (Å²) < 4.78 is 1.64. The Hall–Kier alpha value is -2.83. The number of carbonyl (C=O) groups excluding carboxylic acids is 2. The number of benzene rings is 1. The summed E-state index contributed by atoms with van der Waals surface area (Å²) in [5.74, 6) is -1.16. The van der Waals surface area contributed by atoms with E-state index in [0.717, 1.165) is 36.6 Å². The predicted octanol–water partition coefficient (Wildman–Crippen LogP) is 2.36. The van der Waals surface area contributed by atoms with E-state index in [2.05, 4.69) is 10.6 Å². The summed E-state index contributed by atoms with van der Waals surface area (Å²) in [5, 5.41) is 15.5. The third kappa shape index (κ3) is 4.04. The van der Waals surface area contributed by atoms with Gasteiger partial charge >= 0.3 is 5.97 Å². The lowest BCUT2D eigenvalue weighted by Crippen LogP contribution is -2.47. The highest BCUT2D eigenvalue weighted by Gasteiger charge is 2.31. The molecule has 1 aromatic heterocycles. The maximum Gasteiger partial charge on any atom is 0.323 e. The molecule has 2 amide bonds. The highest BCUT2D eigenvalue weighted by atomic mass is 16.4. The number of nitrogens with zero attached hydrogens (tertiary/aromatic N) is 1. The van der Waals surface area contributed by atoms with E-state index in [1.807, 2.05) is 12.1 Å². The Kier molecular flexibility index (Phi) is 5.25. The number of fused-ring (bicyclic) bond motifs is 1. The van der Waals surface area contributed by atoms with Crippen molar-refractivity contribution in [3.63, 3.8) is 0 Å². The monoisotopic (exact) mass is 357 g/mol. The molecule has 1 saturated carbocycles. The van der Waals surface area contributed by atoms with E-state index in [-0.39, 0.29) is 24.3 Å². The Bertz CT molecular complexity index is 836. The number of anilines is 1. The van der Waals surface area contributed by atoms with Crippen LogP contribution in [-0.2, 0) is 20.9 Å². The van der Waals surface area contributed by atoms with Crippen molar-refractivity contribution in [3.05, 3.63) is 30.5 Å². The lowest BCUT2D eigenvalue weighted by atomic mass is 9.97. The second-order valence-electron chi connectivity index (χ2n) is 6.82. The first-order chi connectivity index (χ1) is 12.4. The van der Waals surface area contributed by atoms with E-state index in [1.54, 1.807) is 22.9 Å². The van der Waals surface area contributed by atoms with Gasteiger partial charge in [0, 0.05) is 29.7 Å². The van der Waals surface area contributed by atoms with Crippen molar-refractivity contribution in [2.24, 2.45) is 5.92 Å². The fourth-order valence-electron chi connectivity index (χ4n) is 3.69. The Balaban J connectivity index is 1.76. The minimum Gasteiger partial charge on any atom is -0.480 e. The van der Waals surface area contributed by atoms with Gasteiger partial charge in [0.1, 0.15) is 12.6 Å². The summed E-state index contributed by atoms with van der Waals surface area (Å²) >= 11 is 0. The van der Waals surface area contributed by atoms with Crippen LogP contribution in [-0.4, -0.2) is 33.5 Å². The molecule has 1 aromatic carbocycles. The summed E-state index contributed by atoms with van der Waals surface area (Å²) in [6.07, 6.45) is 5.75. The molecule has 0 bridgehead atoms. The van der Waals surface area contributed by atoms with Crippen LogP contribution in [0.25, 0.3) is 10.9 Å². The van der Waals surface area contributed by atoms with Crippen LogP contribution in [0.2, 0.25) is 0 Å². The third-order valence-corrected chi connectivity index (χ3v) is 4.86. The SMILES string of the molecule is CC(=O)NC(C(=O)Nc1ccc2c(ccn2CC(=O)O)c1)C1CCCC1. The van der Waals surface area contributed by atoms with Crippen LogP contribution in [0.1, 0.15) is 32.6 Å². The summed E-state index contributed by atoms with van der Waals surface area (Å²) in [4.78, 5) is 35.1. The quantitative estimate of drug-likeness (QED) is 0.739. The van der Waals surface area contributed by atoms with E-state index >= 15 is 0 Å². The minimum absolute atomic E-state index is 0.110. The maximum absolute atomic E-state index is 12.7. The highest BCUT2D eigenvalue weighted by Crippen LogP contribution is 2.29. The molecular formula is C19H23N3O4. The second-order valence-corrected chi connectivity index (χ2v) is 6.82. The summed E-state index contributed by atoms with van der Waals surface area (Å²) in [5.41, 5.74) is 1.42. The molecule has 2 aromatic rings. The van der Waals surface area contributed by atoms with Crippen LogP contribution in [0.3, 0.4) is 0 Å². The Morgan fingerprint density at radius 2 is 1.96 bits per heavy atom. The summed E-state index contributed by atoms with van der Waals surface area (Å²) in [6.45, 7) is 1.31. The first kappa shape index (κ1) is 18.0. The van der Waals surface area contributed by atoms with Crippen molar-refractivity contribution in [1.29, 1.82) is 0 Å². The molecule has 1 heterocycles. The van der Waals surface area contributed by atoms with Gasteiger partial charge in [-0.05, 0) is 43.0 Å². The van der Waals surface area contributed by atoms with Crippen LogP contribution >= 0.6 is 0 Å². The zero-order chi connectivity index (χ0) is 18.7. The van der Waals surface area contributed by atoms with Crippen LogP contribution in [0, 0.1) is 5.92 Å². The topological polar surface area (TPSA) is 100 Å². The van der Waals surface area contributed by atoms with Crippen molar-refractivity contribution >= 4 is 34.4 Å². The molecule has 3 N–H and O–H groups in total. The molecule has 1 aliphatic carbocycles. The van der Waals surface area contributed by atoms with E-state index < -0.39 is 12.0 Å². The number of aromatic nitrogens is 1. The first-order valence-electron chi connectivity index (χ1n) is 8.82. The Labute approximate surface area is 151 Å². The molecule has 1 unspecified atom stereocenters. The zero-order valence-electron chi connectivity index (χ0n) is 14.7. The Morgan fingerprint density at radius 3 is 2.62 bits per heavy atom. The van der Waals surface area contributed by atoms with Gasteiger partial charge in [0.15, 0.2) is 0 Å². The smallest absolute Gasteiger partial charge is 0.323 e.